The third-order valence-electron chi connectivity index (χ3n) is 1.88. The van der Waals surface area contributed by atoms with Crippen molar-refractivity contribution in [1.82, 2.24) is 9.97 Å². The van der Waals surface area contributed by atoms with Crippen molar-refractivity contribution in [3.63, 3.8) is 0 Å². The Balaban J connectivity index is 3.33. The first-order chi connectivity index (χ1) is 6.06. The maximum absolute atomic E-state index is 11.2. The van der Waals surface area contributed by atoms with Gasteiger partial charge in [-0.05, 0) is 25.7 Å². The second-order valence-corrected chi connectivity index (χ2v) is 3.60. The SMILES string of the molecule is CSc1nc(C)c(C)c(C(C)=O)n1. The molecule has 13 heavy (non-hydrogen) atoms. The Morgan fingerprint density at radius 3 is 2.38 bits per heavy atom. The van der Waals surface area contributed by atoms with Crippen LogP contribution in [0.5, 0.6) is 0 Å². The van der Waals surface area contributed by atoms with E-state index in [2.05, 4.69) is 9.97 Å². The molecule has 0 radical (unpaired) electrons. The Bertz CT molecular complexity index is 350. The van der Waals surface area contributed by atoms with Crippen LogP contribution in [0, 0.1) is 13.8 Å². The summed E-state index contributed by atoms with van der Waals surface area (Å²) in [6.45, 7) is 5.29. The van der Waals surface area contributed by atoms with Gasteiger partial charge >= 0.3 is 0 Å². The fourth-order valence-electron chi connectivity index (χ4n) is 1.04. The third kappa shape index (κ3) is 2.06. The van der Waals surface area contributed by atoms with Crippen LogP contribution in [0.2, 0.25) is 0 Å². The molecule has 0 unspecified atom stereocenters. The predicted octanol–water partition coefficient (Wildman–Crippen LogP) is 2.02. The summed E-state index contributed by atoms with van der Waals surface area (Å²) in [4.78, 5) is 19.6. The first-order valence-electron chi connectivity index (χ1n) is 3.96. The van der Waals surface area contributed by atoms with Gasteiger partial charge in [-0.2, -0.15) is 0 Å². The molecule has 0 aliphatic rings. The van der Waals surface area contributed by atoms with Crippen LogP contribution in [0.1, 0.15) is 28.7 Å². The van der Waals surface area contributed by atoms with E-state index in [0.717, 1.165) is 11.3 Å². The highest BCUT2D eigenvalue weighted by Gasteiger charge is 2.10. The summed E-state index contributed by atoms with van der Waals surface area (Å²) in [6, 6.07) is 0. The largest absolute Gasteiger partial charge is 0.293 e. The fraction of sp³-hybridized carbons (Fsp3) is 0.444. The van der Waals surface area contributed by atoms with Crippen molar-refractivity contribution >= 4 is 17.5 Å². The smallest absolute Gasteiger partial charge is 0.188 e. The first-order valence-corrected chi connectivity index (χ1v) is 5.19. The van der Waals surface area contributed by atoms with Gasteiger partial charge in [0.1, 0.15) is 5.69 Å². The molecular formula is C9H12N2OS. The van der Waals surface area contributed by atoms with E-state index in [1.807, 2.05) is 20.1 Å². The van der Waals surface area contributed by atoms with Crippen LogP contribution < -0.4 is 0 Å². The molecule has 1 aromatic rings. The molecule has 1 rings (SSSR count). The van der Waals surface area contributed by atoms with Crippen molar-refractivity contribution in [2.24, 2.45) is 0 Å². The van der Waals surface area contributed by atoms with E-state index in [9.17, 15) is 4.79 Å². The van der Waals surface area contributed by atoms with Gasteiger partial charge in [-0.1, -0.05) is 11.8 Å². The lowest BCUT2D eigenvalue weighted by Crippen LogP contribution is -2.05. The van der Waals surface area contributed by atoms with Crippen LogP contribution >= 0.6 is 11.8 Å². The zero-order valence-corrected chi connectivity index (χ0v) is 9.03. The van der Waals surface area contributed by atoms with Gasteiger partial charge in [0, 0.05) is 12.6 Å². The summed E-state index contributed by atoms with van der Waals surface area (Å²) in [5, 5.41) is 0.660. The lowest BCUT2D eigenvalue weighted by atomic mass is 10.1. The second kappa shape index (κ2) is 3.87. The number of thioether (sulfide) groups is 1. The van der Waals surface area contributed by atoms with Gasteiger partial charge in [-0.3, -0.25) is 4.79 Å². The van der Waals surface area contributed by atoms with Crippen LogP contribution in [0.15, 0.2) is 5.16 Å². The lowest BCUT2D eigenvalue weighted by molar-refractivity contribution is 0.101. The highest BCUT2D eigenvalue weighted by molar-refractivity contribution is 7.98. The monoisotopic (exact) mass is 196 g/mol. The first kappa shape index (κ1) is 10.2. The zero-order chi connectivity index (χ0) is 10.0. The van der Waals surface area contributed by atoms with Gasteiger partial charge in [-0.15, -0.1) is 0 Å². The fourth-order valence-corrected chi connectivity index (χ4v) is 1.45. The molecule has 0 spiro atoms. The molecule has 0 N–H and O–H groups in total. The van der Waals surface area contributed by atoms with Crippen LogP contribution in [-0.2, 0) is 0 Å². The third-order valence-corrected chi connectivity index (χ3v) is 2.43. The average molecular weight is 196 g/mol. The van der Waals surface area contributed by atoms with Gasteiger partial charge in [0.05, 0.1) is 0 Å². The Hall–Kier alpha value is -0.900. The highest BCUT2D eigenvalue weighted by atomic mass is 32.2. The average Bonchev–Trinajstić information content (AvgIpc) is 2.09. The van der Waals surface area contributed by atoms with Crippen molar-refractivity contribution in [2.75, 3.05) is 6.26 Å². The molecule has 4 heteroatoms. The van der Waals surface area contributed by atoms with Crippen molar-refractivity contribution in [2.45, 2.75) is 25.9 Å². The number of aromatic nitrogens is 2. The maximum atomic E-state index is 11.2. The molecule has 0 fully saturated rings. The number of hydrogen-bond donors (Lipinski definition) is 0. The minimum Gasteiger partial charge on any atom is -0.293 e. The summed E-state index contributed by atoms with van der Waals surface area (Å²) >= 11 is 1.45. The molecule has 1 heterocycles. The summed E-state index contributed by atoms with van der Waals surface area (Å²) in [5.41, 5.74) is 2.30. The number of carbonyl (C=O) groups excluding carboxylic acids is 1. The zero-order valence-electron chi connectivity index (χ0n) is 8.21. The minimum atomic E-state index is -0.00157. The molecule has 0 aromatic carbocycles. The topological polar surface area (TPSA) is 42.9 Å². The van der Waals surface area contributed by atoms with E-state index >= 15 is 0 Å². The molecule has 70 valence electrons. The molecule has 0 saturated carbocycles. The van der Waals surface area contributed by atoms with Gasteiger partial charge in [0.25, 0.3) is 0 Å². The van der Waals surface area contributed by atoms with Gasteiger partial charge in [0.2, 0.25) is 0 Å². The van der Waals surface area contributed by atoms with E-state index in [1.165, 1.54) is 18.7 Å². The molecule has 0 aliphatic heterocycles. The summed E-state index contributed by atoms with van der Waals surface area (Å²) < 4.78 is 0. The Labute approximate surface area is 82.0 Å². The van der Waals surface area contributed by atoms with E-state index < -0.39 is 0 Å². The van der Waals surface area contributed by atoms with Gasteiger partial charge < -0.3 is 0 Å². The van der Waals surface area contributed by atoms with Crippen LogP contribution in [0.25, 0.3) is 0 Å². The quantitative estimate of drug-likeness (QED) is 0.412. The van der Waals surface area contributed by atoms with Crippen LogP contribution in [-0.4, -0.2) is 22.0 Å². The Morgan fingerprint density at radius 2 is 1.92 bits per heavy atom. The molecule has 0 bridgehead atoms. The van der Waals surface area contributed by atoms with E-state index in [1.54, 1.807) is 0 Å². The molecule has 0 aliphatic carbocycles. The molecule has 0 saturated heterocycles. The standard InChI is InChI=1S/C9H12N2OS/c1-5-6(2)10-9(13-4)11-8(5)7(3)12/h1-4H3. The maximum Gasteiger partial charge on any atom is 0.188 e. The molecule has 3 nitrogen and oxygen atoms in total. The summed E-state index contributed by atoms with van der Waals surface area (Å²) in [6.07, 6.45) is 1.90. The Morgan fingerprint density at radius 1 is 1.31 bits per heavy atom. The van der Waals surface area contributed by atoms with Crippen molar-refractivity contribution in [1.29, 1.82) is 0 Å². The van der Waals surface area contributed by atoms with Crippen molar-refractivity contribution < 1.29 is 4.79 Å². The summed E-state index contributed by atoms with van der Waals surface area (Å²) in [7, 11) is 0. The van der Waals surface area contributed by atoms with Crippen LogP contribution in [0.3, 0.4) is 0 Å². The number of ketones is 1. The number of Topliss-reactive ketones (excluding diaryl/α,β-unsaturated/α-hetero) is 1. The number of aryl methyl sites for hydroxylation is 1. The highest BCUT2D eigenvalue weighted by Crippen LogP contribution is 2.15. The van der Waals surface area contributed by atoms with Crippen molar-refractivity contribution in [3.05, 3.63) is 17.0 Å². The predicted molar refractivity (Wildman–Crippen MR) is 53.3 cm³/mol. The second-order valence-electron chi connectivity index (χ2n) is 2.83. The normalized spacial score (nSPS) is 10.2. The van der Waals surface area contributed by atoms with E-state index in [4.69, 9.17) is 0 Å². The van der Waals surface area contributed by atoms with Gasteiger partial charge in [-0.25, -0.2) is 9.97 Å². The van der Waals surface area contributed by atoms with Crippen molar-refractivity contribution in [3.8, 4) is 0 Å². The molecule has 1 aromatic heterocycles. The number of hydrogen-bond acceptors (Lipinski definition) is 4. The molecule has 0 amide bonds. The van der Waals surface area contributed by atoms with Gasteiger partial charge in [0.15, 0.2) is 10.9 Å². The number of carbonyl (C=O) groups is 1. The molecule has 0 atom stereocenters. The summed E-state index contributed by atoms with van der Waals surface area (Å²) in [5.74, 6) is -0.00157. The lowest BCUT2D eigenvalue weighted by Gasteiger charge is -2.05. The minimum absolute atomic E-state index is 0.00157. The molecular weight excluding hydrogens is 184 g/mol. The number of nitrogens with zero attached hydrogens (tertiary/aromatic N) is 2. The van der Waals surface area contributed by atoms with Crippen LogP contribution in [0.4, 0.5) is 0 Å². The van der Waals surface area contributed by atoms with E-state index in [-0.39, 0.29) is 5.78 Å². The number of rotatable bonds is 2. The Kier molecular flexibility index (Phi) is 3.03. The van der Waals surface area contributed by atoms with E-state index in [0.29, 0.717) is 10.9 Å².